The van der Waals surface area contributed by atoms with E-state index < -0.39 is 12.0 Å². The van der Waals surface area contributed by atoms with Gasteiger partial charge in [0.05, 0.1) is 9.82 Å². The molecule has 1 fully saturated rings. The van der Waals surface area contributed by atoms with Crippen molar-refractivity contribution >= 4 is 23.4 Å². The van der Waals surface area contributed by atoms with Crippen molar-refractivity contribution < 1.29 is 14.8 Å². The number of aliphatic carboxylic acids is 1. The molecule has 0 radical (unpaired) electrons. The summed E-state index contributed by atoms with van der Waals surface area (Å²) in [6.07, 6.45) is 1.46. The van der Waals surface area contributed by atoms with Crippen molar-refractivity contribution in [1.29, 1.82) is 0 Å². The summed E-state index contributed by atoms with van der Waals surface area (Å²) >= 11 is 1.36. The molecule has 136 valence electrons. The number of nitro benzene ring substituents is 1. The number of aryl methyl sites for hydroxylation is 1. The lowest BCUT2D eigenvalue weighted by atomic mass is 10.1. The highest BCUT2D eigenvalue weighted by molar-refractivity contribution is 7.99. The third-order valence-electron chi connectivity index (χ3n) is 4.50. The van der Waals surface area contributed by atoms with Gasteiger partial charge in [0.15, 0.2) is 0 Å². The molecule has 0 bridgehead atoms. The second kappa shape index (κ2) is 7.88. The fourth-order valence-electron chi connectivity index (χ4n) is 3.15. The van der Waals surface area contributed by atoms with Crippen molar-refractivity contribution in [1.82, 2.24) is 4.90 Å². The van der Waals surface area contributed by atoms with E-state index in [0.29, 0.717) is 24.4 Å². The Hall–Kier alpha value is -2.38. The smallest absolute Gasteiger partial charge is 0.320 e. The Labute approximate surface area is 156 Å². The van der Waals surface area contributed by atoms with E-state index >= 15 is 0 Å². The Balaban J connectivity index is 1.81. The third kappa shape index (κ3) is 4.23. The molecular formula is C19H20N2O4S. The molecule has 1 aliphatic rings. The van der Waals surface area contributed by atoms with Crippen LogP contribution in [-0.2, 0) is 11.3 Å². The Kier molecular flexibility index (Phi) is 5.58. The van der Waals surface area contributed by atoms with Gasteiger partial charge in [0.25, 0.3) is 5.69 Å². The number of likely N-dealkylation sites (tertiary alicyclic amines) is 1. The fourth-order valence-corrected chi connectivity index (χ4v) is 4.05. The van der Waals surface area contributed by atoms with Crippen LogP contribution in [-0.4, -0.2) is 33.5 Å². The van der Waals surface area contributed by atoms with Crippen LogP contribution in [0, 0.1) is 17.0 Å². The van der Waals surface area contributed by atoms with E-state index in [4.69, 9.17) is 0 Å². The summed E-state index contributed by atoms with van der Waals surface area (Å²) in [7, 11) is 0. The number of hydrogen-bond acceptors (Lipinski definition) is 5. The van der Waals surface area contributed by atoms with Crippen LogP contribution in [0.5, 0.6) is 0 Å². The van der Waals surface area contributed by atoms with Crippen molar-refractivity contribution in [2.24, 2.45) is 0 Å². The fraction of sp³-hybridized carbons (Fsp3) is 0.316. The van der Waals surface area contributed by atoms with E-state index in [-0.39, 0.29) is 10.6 Å². The Morgan fingerprint density at radius 2 is 2.04 bits per heavy atom. The van der Waals surface area contributed by atoms with Crippen LogP contribution in [0.2, 0.25) is 0 Å². The molecule has 2 aromatic rings. The number of carboxylic acid groups (broad SMARTS) is 1. The molecule has 2 aromatic carbocycles. The molecule has 1 saturated heterocycles. The molecule has 6 nitrogen and oxygen atoms in total. The van der Waals surface area contributed by atoms with Gasteiger partial charge in [0, 0.05) is 17.5 Å². The average Bonchev–Trinajstić information content (AvgIpc) is 3.06. The molecular weight excluding hydrogens is 352 g/mol. The lowest BCUT2D eigenvalue weighted by Gasteiger charge is -2.21. The first kappa shape index (κ1) is 18.4. The molecule has 0 amide bonds. The number of rotatable bonds is 6. The Morgan fingerprint density at radius 1 is 1.31 bits per heavy atom. The minimum absolute atomic E-state index is 0.0548. The maximum Gasteiger partial charge on any atom is 0.320 e. The largest absolute Gasteiger partial charge is 0.480 e. The number of carboxylic acids is 1. The van der Waals surface area contributed by atoms with Crippen LogP contribution in [0.15, 0.2) is 52.3 Å². The van der Waals surface area contributed by atoms with Crippen LogP contribution >= 0.6 is 11.8 Å². The monoisotopic (exact) mass is 372 g/mol. The van der Waals surface area contributed by atoms with Gasteiger partial charge in [0.1, 0.15) is 6.04 Å². The summed E-state index contributed by atoms with van der Waals surface area (Å²) in [6.45, 7) is 3.10. The van der Waals surface area contributed by atoms with Crippen LogP contribution in [0.1, 0.15) is 24.0 Å². The van der Waals surface area contributed by atoms with E-state index in [0.717, 1.165) is 22.4 Å². The molecule has 1 aliphatic heterocycles. The highest BCUT2D eigenvalue weighted by atomic mass is 32.2. The predicted molar refractivity (Wildman–Crippen MR) is 99.5 cm³/mol. The van der Waals surface area contributed by atoms with Gasteiger partial charge < -0.3 is 5.11 Å². The normalized spacial score (nSPS) is 17.3. The first-order valence-electron chi connectivity index (χ1n) is 8.43. The molecule has 0 aliphatic carbocycles. The van der Waals surface area contributed by atoms with Crippen molar-refractivity contribution in [3.8, 4) is 0 Å². The standard InChI is InChI=1S/C19H20N2O4S/c1-13-4-7-15(8-5-13)26-18-9-6-14(11-17(18)21(24)25)12-20-10-2-3-16(20)19(22)23/h4-9,11,16H,2-3,10,12H2,1H3,(H,22,23)/t16-/m1/s1. The second-order valence-electron chi connectivity index (χ2n) is 6.44. The van der Waals surface area contributed by atoms with Crippen molar-refractivity contribution in [3.05, 3.63) is 63.7 Å². The quantitative estimate of drug-likeness (QED) is 0.607. The molecule has 1 N–H and O–H groups in total. The van der Waals surface area contributed by atoms with E-state index in [2.05, 4.69) is 0 Å². The van der Waals surface area contributed by atoms with E-state index in [9.17, 15) is 20.0 Å². The van der Waals surface area contributed by atoms with Gasteiger partial charge in [-0.2, -0.15) is 0 Å². The van der Waals surface area contributed by atoms with Crippen LogP contribution in [0.25, 0.3) is 0 Å². The van der Waals surface area contributed by atoms with Gasteiger partial charge in [-0.3, -0.25) is 19.8 Å². The zero-order chi connectivity index (χ0) is 18.7. The summed E-state index contributed by atoms with van der Waals surface area (Å²) in [5.74, 6) is -0.830. The summed E-state index contributed by atoms with van der Waals surface area (Å²) in [4.78, 5) is 25.8. The first-order chi connectivity index (χ1) is 12.4. The number of hydrogen-bond donors (Lipinski definition) is 1. The maximum atomic E-state index is 11.5. The summed E-state index contributed by atoms with van der Waals surface area (Å²) in [6, 6.07) is 12.5. The number of nitro groups is 1. The van der Waals surface area contributed by atoms with Gasteiger partial charge in [0.2, 0.25) is 0 Å². The maximum absolute atomic E-state index is 11.5. The van der Waals surface area contributed by atoms with Crippen molar-refractivity contribution in [2.75, 3.05) is 6.54 Å². The highest BCUT2D eigenvalue weighted by Crippen LogP contribution is 2.36. The summed E-state index contributed by atoms with van der Waals surface area (Å²) in [5, 5.41) is 20.8. The van der Waals surface area contributed by atoms with Crippen LogP contribution < -0.4 is 0 Å². The zero-order valence-electron chi connectivity index (χ0n) is 14.4. The first-order valence-corrected chi connectivity index (χ1v) is 9.24. The minimum atomic E-state index is -0.830. The molecule has 0 saturated carbocycles. The number of benzene rings is 2. The minimum Gasteiger partial charge on any atom is -0.480 e. The summed E-state index contributed by atoms with van der Waals surface area (Å²) in [5.41, 5.74) is 1.95. The molecule has 26 heavy (non-hydrogen) atoms. The van der Waals surface area contributed by atoms with Gasteiger partial charge >= 0.3 is 5.97 Å². The van der Waals surface area contributed by atoms with Crippen LogP contribution in [0.4, 0.5) is 5.69 Å². The van der Waals surface area contributed by atoms with E-state index in [1.54, 1.807) is 12.1 Å². The molecule has 1 heterocycles. The van der Waals surface area contributed by atoms with Gasteiger partial charge in [-0.25, -0.2) is 0 Å². The number of nitrogens with zero attached hydrogens (tertiary/aromatic N) is 2. The average molecular weight is 372 g/mol. The lowest BCUT2D eigenvalue weighted by Crippen LogP contribution is -2.35. The molecule has 0 aromatic heterocycles. The van der Waals surface area contributed by atoms with Crippen LogP contribution in [0.3, 0.4) is 0 Å². The molecule has 1 atom stereocenters. The van der Waals surface area contributed by atoms with Gasteiger partial charge in [-0.05, 0) is 50.1 Å². The van der Waals surface area contributed by atoms with Gasteiger partial charge in [-0.15, -0.1) is 0 Å². The van der Waals surface area contributed by atoms with Crippen molar-refractivity contribution in [3.63, 3.8) is 0 Å². The zero-order valence-corrected chi connectivity index (χ0v) is 15.2. The highest BCUT2D eigenvalue weighted by Gasteiger charge is 2.30. The lowest BCUT2D eigenvalue weighted by molar-refractivity contribution is -0.387. The second-order valence-corrected chi connectivity index (χ2v) is 7.56. The topological polar surface area (TPSA) is 83.7 Å². The summed E-state index contributed by atoms with van der Waals surface area (Å²) < 4.78 is 0. The van der Waals surface area contributed by atoms with Gasteiger partial charge in [-0.1, -0.05) is 35.5 Å². The van der Waals surface area contributed by atoms with E-state index in [1.165, 1.54) is 11.8 Å². The SMILES string of the molecule is Cc1ccc(Sc2ccc(CN3CCC[C@@H]3C(=O)O)cc2[N+](=O)[O-])cc1. The van der Waals surface area contributed by atoms with E-state index in [1.807, 2.05) is 42.2 Å². The molecule has 0 unspecified atom stereocenters. The number of carbonyl (C=O) groups is 1. The predicted octanol–water partition coefficient (Wildman–Crippen LogP) is 4.10. The molecule has 3 rings (SSSR count). The van der Waals surface area contributed by atoms with Crippen molar-refractivity contribution in [2.45, 2.75) is 42.1 Å². The third-order valence-corrected chi connectivity index (χ3v) is 5.58. The molecule has 0 spiro atoms. The molecule has 7 heteroatoms. The Morgan fingerprint density at radius 3 is 2.69 bits per heavy atom. The Bertz CT molecular complexity index is 823.